The lowest BCUT2D eigenvalue weighted by molar-refractivity contribution is 0.0750. The van der Waals surface area contributed by atoms with E-state index in [1.54, 1.807) is 0 Å². The molecular formula is C23H24N4O2. The van der Waals surface area contributed by atoms with Gasteiger partial charge in [-0.15, -0.1) is 0 Å². The molecule has 0 atom stereocenters. The number of anilines is 1. The highest BCUT2D eigenvalue weighted by molar-refractivity contribution is 5.99. The standard InChI is InChI=1S/C23H24N4O2/c1-2-27(11-17-7-5-16(10-25-17)14-3-4-14)23(28)15-6-8-21-18(9-15)19-12-29-13-20(19)22(24)26-21/h5-10,14H,2-4,11-13H2,1H3,(H2,24,26). The lowest BCUT2D eigenvalue weighted by Crippen LogP contribution is -2.30. The molecule has 3 aromatic rings. The van der Waals surface area contributed by atoms with Crippen LogP contribution in [0.4, 0.5) is 5.82 Å². The van der Waals surface area contributed by atoms with E-state index in [2.05, 4.69) is 16.0 Å². The van der Waals surface area contributed by atoms with Crippen molar-refractivity contribution in [1.29, 1.82) is 0 Å². The first kappa shape index (κ1) is 18.1. The van der Waals surface area contributed by atoms with Crippen LogP contribution in [-0.4, -0.2) is 27.3 Å². The van der Waals surface area contributed by atoms with E-state index in [0.717, 1.165) is 27.7 Å². The molecule has 2 aromatic heterocycles. The Morgan fingerprint density at radius 1 is 1.21 bits per heavy atom. The van der Waals surface area contributed by atoms with E-state index in [1.807, 2.05) is 42.3 Å². The van der Waals surface area contributed by atoms with Crippen molar-refractivity contribution in [2.24, 2.45) is 0 Å². The molecule has 1 aliphatic heterocycles. The fourth-order valence-electron chi connectivity index (χ4n) is 4.00. The van der Waals surface area contributed by atoms with Crippen LogP contribution in [0.5, 0.6) is 0 Å². The minimum atomic E-state index is -0.00744. The molecule has 0 saturated heterocycles. The predicted molar refractivity (Wildman–Crippen MR) is 111 cm³/mol. The molecule has 0 bridgehead atoms. The van der Waals surface area contributed by atoms with Gasteiger partial charge < -0.3 is 15.4 Å². The number of carbonyl (C=O) groups is 1. The molecular weight excluding hydrogens is 364 g/mol. The highest BCUT2D eigenvalue weighted by Gasteiger charge is 2.24. The van der Waals surface area contributed by atoms with Crippen LogP contribution < -0.4 is 5.73 Å². The van der Waals surface area contributed by atoms with E-state index < -0.39 is 0 Å². The number of amides is 1. The van der Waals surface area contributed by atoms with Gasteiger partial charge in [0.05, 0.1) is 31.0 Å². The molecule has 1 aliphatic carbocycles. The summed E-state index contributed by atoms with van der Waals surface area (Å²) in [4.78, 5) is 24.1. The summed E-state index contributed by atoms with van der Waals surface area (Å²) in [5.74, 6) is 1.19. The average molecular weight is 388 g/mol. The third-order valence-corrected chi connectivity index (χ3v) is 5.89. The molecule has 1 saturated carbocycles. The maximum Gasteiger partial charge on any atom is 0.254 e. The number of hydrogen-bond donors (Lipinski definition) is 1. The number of nitrogens with zero attached hydrogens (tertiary/aromatic N) is 3. The maximum absolute atomic E-state index is 13.2. The molecule has 1 fully saturated rings. The molecule has 0 unspecified atom stereocenters. The van der Waals surface area contributed by atoms with Gasteiger partial charge >= 0.3 is 0 Å². The normalized spacial score (nSPS) is 15.5. The van der Waals surface area contributed by atoms with E-state index in [0.29, 0.717) is 43.6 Å². The fourth-order valence-corrected chi connectivity index (χ4v) is 4.00. The minimum Gasteiger partial charge on any atom is -0.383 e. The number of carbonyl (C=O) groups excluding carboxylic acids is 1. The number of benzene rings is 1. The van der Waals surface area contributed by atoms with Gasteiger partial charge in [0.15, 0.2) is 0 Å². The zero-order chi connectivity index (χ0) is 20.0. The van der Waals surface area contributed by atoms with Gasteiger partial charge in [0.1, 0.15) is 5.82 Å². The largest absolute Gasteiger partial charge is 0.383 e. The van der Waals surface area contributed by atoms with Gasteiger partial charge in [-0.1, -0.05) is 6.07 Å². The summed E-state index contributed by atoms with van der Waals surface area (Å²) in [6.45, 7) is 4.09. The van der Waals surface area contributed by atoms with Gasteiger partial charge in [0.2, 0.25) is 0 Å². The first-order chi connectivity index (χ1) is 14.1. The van der Waals surface area contributed by atoms with E-state index >= 15 is 0 Å². The number of rotatable bonds is 5. The van der Waals surface area contributed by atoms with Crippen molar-refractivity contribution >= 4 is 22.6 Å². The molecule has 6 nitrogen and oxygen atoms in total. The Kier molecular flexibility index (Phi) is 4.43. The maximum atomic E-state index is 13.2. The molecule has 148 valence electrons. The van der Waals surface area contributed by atoms with Crippen LogP contribution in [0.3, 0.4) is 0 Å². The summed E-state index contributed by atoms with van der Waals surface area (Å²) in [5, 5.41) is 0.945. The Bertz CT molecular complexity index is 1090. The van der Waals surface area contributed by atoms with Crippen LogP contribution in [0.15, 0.2) is 36.5 Å². The highest BCUT2D eigenvalue weighted by atomic mass is 16.5. The Labute approximate surface area is 169 Å². The summed E-state index contributed by atoms with van der Waals surface area (Å²) in [5.41, 5.74) is 11.7. The lowest BCUT2D eigenvalue weighted by atomic mass is 10.0. The second-order valence-corrected chi connectivity index (χ2v) is 7.86. The minimum absolute atomic E-state index is 0.00744. The van der Waals surface area contributed by atoms with Gasteiger partial charge in [-0.2, -0.15) is 0 Å². The molecule has 5 rings (SSSR count). The molecule has 1 amide bonds. The quantitative estimate of drug-likeness (QED) is 0.719. The van der Waals surface area contributed by atoms with Gasteiger partial charge in [0, 0.05) is 29.3 Å². The van der Waals surface area contributed by atoms with E-state index in [-0.39, 0.29) is 5.91 Å². The summed E-state index contributed by atoms with van der Waals surface area (Å²) >= 11 is 0. The second-order valence-electron chi connectivity index (χ2n) is 7.86. The van der Waals surface area contributed by atoms with Crippen molar-refractivity contribution in [2.75, 3.05) is 12.3 Å². The fraction of sp³-hybridized carbons (Fsp3) is 0.348. The first-order valence-electron chi connectivity index (χ1n) is 10.2. The Balaban J connectivity index is 1.42. The zero-order valence-corrected chi connectivity index (χ0v) is 16.5. The van der Waals surface area contributed by atoms with E-state index in [1.165, 1.54) is 18.4 Å². The smallest absolute Gasteiger partial charge is 0.254 e. The molecule has 6 heteroatoms. The Hall–Kier alpha value is -2.99. The van der Waals surface area contributed by atoms with Crippen LogP contribution in [-0.2, 0) is 24.5 Å². The molecule has 2 N–H and O–H groups in total. The first-order valence-corrected chi connectivity index (χ1v) is 10.2. The van der Waals surface area contributed by atoms with Crippen LogP contribution in [0.25, 0.3) is 10.9 Å². The van der Waals surface area contributed by atoms with Crippen LogP contribution in [0.2, 0.25) is 0 Å². The van der Waals surface area contributed by atoms with E-state index in [4.69, 9.17) is 10.5 Å². The third kappa shape index (κ3) is 3.34. The van der Waals surface area contributed by atoms with Crippen molar-refractivity contribution in [1.82, 2.24) is 14.9 Å². The molecule has 3 heterocycles. The number of nitrogens with two attached hydrogens (primary N) is 1. The van der Waals surface area contributed by atoms with Gasteiger partial charge in [-0.25, -0.2) is 4.98 Å². The van der Waals surface area contributed by atoms with Gasteiger partial charge in [-0.05, 0) is 61.1 Å². The summed E-state index contributed by atoms with van der Waals surface area (Å²) < 4.78 is 5.56. The number of hydrogen-bond acceptors (Lipinski definition) is 5. The molecule has 29 heavy (non-hydrogen) atoms. The van der Waals surface area contributed by atoms with Crippen LogP contribution in [0, 0.1) is 0 Å². The number of aromatic nitrogens is 2. The van der Waals surface area contributed by atoms with Crippen LogP contribution in [0.1, 0.15) is 58.4 Å². The van der Waals surface area contributed by atoms with Gasteiger partial charge in [-0.3, -0.25) is 9.78 Å². The summed E-state index contributed by atoms with van der Waals surface area (Å²) in [7, 11) is 0. The monoisotopic (exact) mass is 388 g/mol. The van der Waals surface area contributed by atoms with Gasteiger partial charge in [0.25, 0.3) is 5.91 Å². The summed E-state index contributed by atoms with van der Waals surface area (Å²) in [6.07, 6.45) is 4.48. The number of nitrogen functional groups attached to an aromatic ring is 1. The van der Waals surface area contributed by atoms with E-state index in [9.17, 15) is 4.79 Å². The molecule has 1 aromatic carbocycles. The molecule has 0 spiro atoms. The SMILES string of the molecule is CCN(Cc1ccc(C2CC2)cn1)C(=O)c1ccc2nc(N)c3c(c2c1)COC3. The number of pyridine rings is 2. The lowest BCUT2D eigenvalue weighted by Gasteiger charge is -2.21. The molecule has 2 aliphatic rings. The number of ether oxygens (including phenoxy) is 1. The number of fused-ring (bicyclic) bond motifs is 3. The van der Waals surface area contributed by atoms with Crippen molar-refractivity contribution in [3.63, 3.8) is 0 Å². The predicted octanol–water partition coefficient (Wildman–Crippen LogP) is 3.78. The molecule has 0 radical (unpaired) electrons. The van der Waals surface area contributed by atoms with Crippen LogP contribution >= 0.6 is 0 Å². The zero-order valence-electron chi connectivity index (χ0n) is 16.5. The van der Waals surface area contributed by atoms with Crippen molar-refractivity contribution < 1.29 is 9.53 Å². The topological polar surface area (TPSA) is 81.3 Å². The Morgan fingerprint density at radius 3 is 2.76 bits per heavy atom. The average Bonchev–Trinajstić information content (AvgIpc) is 3.47. The van der Waals surface area contributed by atoms with Crippen molar-refractivity contribution in [3.05, 3.63) is 64.5 Å². The van der Waals surface area contributed by atoms with Crippen molar-refractivity contribution in [3.8, 4) is 0 Å². The summed E-state index contributed by atoms with van der Waals surface area (Å²) in [6, 6.07) is 9.80. The second kappa shape index (κ2) is 7.12. The van der Waals surface area contributed by atoms with Crippen molar-refractivity contribution in [2.45, 2.75) is 45.4 Å². The third-order valence-electron chi connectivity index (χ3n) is 5.89. The Morgan fingerprint density at radius 2 is 2.03 bits per heavy atom. The highest BCUT2D eigenvalue weighted by Crippen LogP contribution is 2.39.